The first-order valence-electron chi connectivity index (χ1n) is 12.2. The minimum absolute atomic E-state index is 0.00203. The fourth-order valence-electron chi connectivity index (χ4n) is 5.58. The van der Waals surface area contributed by atoms with E-state index in [9.17, 15) is 27.2 Å². The number of anilines is 1. The maximum absolute atomic E-state index is 14.5. The normalized spacial score (nSPS) is 20.5. The van der Waals surface area contributed by atoms with E-state index in [1.54, 1.807) is 16.5 Å². The van der Waals surface area contributed by atoms with E-state index in [0.717, 1.165) is 12.5 Å². The van der Waals surface area contributed by atoms with E-state index in [1.807, 2.05) is 0 Å². The molecule has 1 aliphatic carbocycles. The van der Waals surface area contributed by atoms with Gasteiger partial charge in [-0.3, -0.25) is 14.3 Å². The monoisotopic (exact) mass is 543 g/mol. The van der Waals surface area contributed by atoms with Gasteiger partial charge in [0, 0.05) is 30.4 Å². The molecule has 0 radical (unpaired) electrons. The number of amides is 2. The summed E-state index contributed by atoms with van der Waals surface area (Å²) < 4.78 is 56.5. The van der Waals surface area contributed by atoms with Crippen LogP contribution in [0.15, 0.2) is 30.6 Å². The number of nitrogens with two attached hydrogens (primary N) is 2. The molecule has 3 heterocycles. The van der Waals surface area contributed by atoms with Crippen LogP contribution >= 0.6 is 0 Å². The number of nitrogens with zero attached hydrogens (tertiary/aromatic N) is 5. The van der Waals surface area contributed by atoms with Crippen LogP contribution in [0.3, 0.4) is 0 Å². The first-order valence-corrected chi connectivity index (χ1v) is 12.2. The van der Waals surface area contributed by atoms with Crippen LogP contribution in [-0.4, -0.2) is 49.4 Å². The third-order valence-corrected chi connectivity index (χ3v) is 7.46. The van der Waals surface area contributed by atoms with Crippen molar-refractivity contribution in [1.82, 2.24) is 24.5 Å². The lowest BCUT2D eigenvalue weighted by molar-refractivity contribution is -0.140. The Hall–Kier alpha value is -4.34. The molecular formula is C26H25F4N7O2. The van der Waals surface area contributed by atoms with Crippen LogP contribution in [0.5, 0.6) is 0 Å². The average molecular weight is 544 g/mol. The molecule has 204 valence electrons. The van der Waals surface area contributed by atoms with Gasteiger partial charge in [-0.05, 0) is 43.6 Å². The standard InChI is InChI=1S/C26H25F4N7O2/c1-2-4-19(38)35-8-7-25(14-35)9-17(10-25)37-23(31)20(24(32)39)22(34-37)16-11-33-36(13-16)12-15-5-3-6-18(21(15)27)26(28,29)30/h3,5-6,11,13,17H,7-10,12,14,31H2,1H3,(H2,32,39). The minimum Gasteiger partial charge on any atom is -0.383 e. The van der Waals surface area contributed by atoms with Gasteiger partial charge in [0.2, 0.25) is 0 Å². The molecule has 0 atom stereocenters. The number of benzene rings is 1. The second-order valence-corrected chi connectivity index (χ2v) is 10.0. The molecule has 2 fully saturated rings. The quantitative estimate of drug-likeness (QED) is 0.378. The Morgan fingerprint density at radius 1 is 1.26 bits per heavy atom. The second kappa shape index (κ2) is 9.44. The Morgan fingerprint density at radius 3 is 2.67 bits per heavy atom. The minimum atomic E-state index is -4.83. The fraction of sp³-hybridized carbons (Fsp3) is 0.385. The number of likely N-dealkylation sites (tertiary alicyclic amines) is 1. The van der Waals surface area contributed by atoms with Crippen LogP contribution in [0.1, 0.15) is 53.7 Å². The summed E-state index contributed by atoms with van der Waals surface area (Å²) in [6, 6.07) is 2.93. The number of carbonyl (C=O) groups is 2. The smallest absolute Gasteiger partial charge is 0.383 e. The first kappa shape index (κ1) is 26.3. The molecule has 2 aromatic heterocycles. The summed E-state index contributed by atoms with van der Waals surface area (Å²) in [7, 11) is 0. The molecule has 1 saturated heterocycles. The van der Waals surface area contributed by atoms with Crippen LogP contribution in [0, 0.1) is 23.1 Å². The molecule has 1 saturated carbocycles. The summed E-state index contributed by atoms with van der Waals surface area (Å²) in [5, 5.41) is 8.67. The van der Waals surface area contributed by atoms with Crippen LogP contribution in [0.2, 0.25) is 0 Å². The van der Waals surface area contributed by atoms with Gasteiger partial charge in [0.05, 0.1) is 24.3 Å². The number of hydrogen-bond acceptors (Lipinski definition) is 5. The molecule has 13 heteroatoms. The van der Waals surface area contributed by atoms with E-state index < -0.39 is 23.5 Å². The molecule has 1 aliphatic heterocycles. The van der Waals surface area contributed by atoms with Crippen LogP contribution in [0.4, 0.5) is 23.4 Å². The van der Waals surface area contributed by atoms with E-state index in [0.29, 0.717) is 37.6 Å². The Kier molecular flexibility index (Phi) is 6.36. The molecule has 0 unspecified atom stereocenters. The molecule has 1 spiro atoms. The van der Waals surface area contributed by atoms with Gasteiger partial charge in [-0.15, -0.1) is 0 Å². The summed E-state index contributed by atoms with van der Waals surface area (Å²) >= 11 is 0. The summed E-state index contributed by atoms with van der Waals surface area (Å²) in [4.78, 5) is 26.2. The van der Waals surface area contributed by atoms with Crippen molar-refractivity contribution in [2.45, 2.75) is 44.9 Å². The topological polar surface area (TPSA) is 125 Å². The third-order valence-electron chi connectivity index (χ3n) is 7.46. The number of hydrogen-bond donors (Lipinski definition) is 2. The number of rotatable bonds is 5. The molecule has 3 aromatic rings. The maximum Gasteiger partial charge on any atom is 0.419 e. The van der Waals surface area contributed by atoms with Gasteiger partial charge in [-0.1, -0.05) is 18.1 Å². The second-order valence-electron chi connectivity index (χ2n) is 10.0. The van der Waals surface area contributed by atoms with E-state index in [-0.39, 0.29) is 46.5 Å². The van der Waals surface area contributed by atoms with Crippen LogP contribution < -0.4 is 11.5 Å². The number of carbonyl (C=O) groups excluding carboxylic acids is 2. The Labute approximate surface area is 220 Å². The molecule has 1 aromatic carbocycles. The van der Waals surface area contributed by atoms with E-state index in [2.05, 4.69) is 22.0 Å². The largest absolute Gasteiger partial charge is 0.419 e. The molecule has 2 amide bonds. The highest BCUT2D eigenvalue weighted by Gasteiger charge is 2.51. The van der Waals surface area contributed by atoms with Crippen molar-refractivity contribution >= 4 is 17.6 Å². The zero-order valence-corrected chi connectivity index (χ0v) is 20.9. The lowest BCUT2D eigenvalue weighted by atomic mass is 9.65. The highest BCUT2D eigenvalue weighted by atomic mass is 19.4. The van der Waals surface area contributed by atoms with Crippen molar-refractivity contribution in [1.29, 1.82) is 0 Å². The molecule has 5 rings (SSSR count). The number of primary amides is 1. The predicted molar refractivity (Wildman–Crippen MR) is 132 cm³/mol. The number of alkyl halides is 3. The highest BCUT2D eigenvalue weighted by Crippen LogP contribution is 2.54. The Bertz CT molecular complexity index is 1520. The summed E-state index contributed by atoms with van der Waals surface area (Å²) in [5.74, 6) is 2.92. The molecular weight excluding hydrogens is 518 g/mol. The molecule has 4 N–H and O–H groups in total. The maximum atomic E-state index is 14.5. The summed E-state index contributed by atoms with van der Waals surface area (Å²) in [6.07, 6.45) is 0.210. The van der Waals surface area contributed by atoms with Gasteiger partial charge in [-0.2, -0.15) is 23.4 Å². The van der Waals surface area contributed by atoms with Crippen molar-refractivity contribution in [3.8, 4) is 23.1 Å². The summed E-state index contributed by atoms with van der Waals surface area (Å²) in [6.45, 7) is 2.55. The van der Waals surface area contributed by atoms with Gasteiger partial charge >= 0.3 is 6.18 Å². The molecule has 9 nitrogen and oxygen atoms in total. The predicted octanol–water partition coefficient (Wildman–Crippen LogP) is 3.21. The van der Waals surface area contributed by atoms with Crippen molar-refractivity contribution < 1.29 is 27.2 Å². The SMILES string of the molecule is CC#CC(=O)N1CCC2(CC(n3nc(-c4cnn(Cc5cccc(C(F)(F)F)c5F)c4)c(C(N)=O)c3N)C2)C1. The van der Waals surface area contributed by atoms with Crippen molar-refractivity contribution in [2.24, 2.45) is 11.1 Å². The lowest BCUT2D eigenvalue weighted by Gasteiger charge is -2.45. The Balaban J connectivity index is 1.37. The zero-order valence-electron chi connectivity index (χ0n) is 20.9. The van der Waals surface area contributed by atoms with E-state index in [4.69, 9.17) is 11.5 Å². The van der Waals surface area contributed by atoms with Crippen LogP contribution in [0.25, 0.3) is 11.3 Å². The summed E-state index contributed by atoms with van der Waals surface area (Å²) in [5.41, 5.74) is 10.8. The lowest BCUT2D eigenvalue weighted by Crippen LogP contribution is -2.42. The fourth-order valence-corrected chi connectivity index (χ4v) is 5.58. The number of nitrogen functional groups attached to an aromatic ring is 1. The van der Waals surface area contributed by atoms with Gasteiger partial charge in [0.25, 0.3) is 11.8 Å². The molecule has 0 bridgehead atoms. The Morgan fingerprint density at radius 2 is 2.00 bits per heavy atom. The van der Waals surface area contributed by atoms with Gasteiger partial charge in [-0.25, -0.2) is 9.07 Å². The zero-order chi connectivity index (χ0) is 28.1. The van der Waals surface area contributed by atoms with E-state index in [1.165, 1.54) is 23.1 Å². The highest BCUT2D eigenvalue weighted by molar-refractivity contribution is 6.03. The molecule has 39 heavy (non-hydrogen) atoms. The average Bonchev–Trinajstić information content (AvgIpc) is 3.56. The van der Waals surface area contributed by atoms with Gasteiger partial charge in [0.15, 0.2) is 0 Å². The number of halogens is 4. The van der Waals surface area contributed by atoms with Crippen molar-refractivity contribution in [3.05, 3.63) is 53.1 Å². The van der Waals surface area contributed by atoms with Gasteiger partial charge in [0.1, 0.15) is 22.9 Å². The van der Waals surface area contributed by atoms with E-state index >= 15 is 0 Å². The van der Waals surface area contributed by atoms with Crippen molar-refractivity contribution in [3.63, 3.8) is 0 Å². The van der Waals surface area contributed by atoms with Crippen LogP contribution in [-0.2, 0) is 17.5 Å². The molecule has 2 aliphatic rings. The van der Waals surface area contributed by atoms with Crippen molar-refractivity contribution in [2.75, 3.05) is 18.8 Å². The first-order chi connectivity index (χ1) is 18.4. The third kappa shape index (κ3) is 4.71. The number of aromatic nitrogens is 4. The van der Waals surface area contributed by atoms with Gasteiger partial charge < -0.3 is 16.4 Å².